The van der Waals surface area contributed by atoms with Gasteiger partial charge in [0.05, 0.1) is 50.8 Å². The molecule has 136 valence electrons. The van der Waals surface area contributed by atoms with E-state index in [2.05, 4.69) is 19.1 Å². The van der Waals surface area contributed by atoms with Crippen molar-refractivity contribution in [2.24, 2.45) is 0 Å². The van der Waals surface area contributed by atoms with E-state index in [0.29, 0.717) is 30.3 Å². The summed E-state index contributed by atoms with van der Waals surface area (Å²) in [6.45, 7) is 5.99. The number of ether oxygens (including phenoxy) is 4. The Labute approximate surface area is 149 Å². The SMILES string of the molecule is CCC(CC1CO1)c1ccc(CC2CO2)c(CC2CO2)c1CC1CO1. The first-order chi connectivity index (χ1) is 12.3. The lowest BCUT2D eigenvalue weighted by Gasteiger charge is -2.23. The fourth-order valence-corrected chi connectivity index (χ4v) is 4.12. The van der Waals surface area contributed by atoms with Crippen LogP contribution in [-0.4, -0.2) is 50.8 Å². The minimum absolute atomic E-state index is 0.416. The van der Waals surface area contributed by atoms with Gasteiger partial charge in [0.15, 0.2) is 0 Å². The maximum absolute atomic E-state index is 5.60. The van der Waals surface area contributed by atoms with Gasteiger partial charge in [0, 0.05) is 19.3 Å². The molecule has 0 aliphatic carbocycles. The Bertz CT molecular complexity index is 627. The van der Waals surface area contributed by atoms with Crippen LogP contribution in [0, 0.1) is 0 Å². The summed E-state index contributed by atoms with van der Waals surface area (Å²) in [6.07, 6.45) is 7.21. The lowest BCUT2D eigenvalue weighted by molar-refractivity contribution is 0.375. The maximum atomic E-state index is 5.60. The normalized spacial score (nSPS) is 33.2. The number of epoxide rings is 4. The van der Waals surface area contributed by atoms with E-state index in [1.165, 1.54) is 23.1 Å². The molecule has 25 heavy (non-hydrogen) atoms. The minimum Gasteiger partial charge on any atom is -0.373 e. The van der Waals surface area contributed by atoms with E-state index in [1.54, 1.807) is 5.56 Å². The van der Waals surface area contributed by atoms with Crippen molar-refractivity contribution in [3.8, 4) is 0 Å². The van der Waals surface area contributed by atoms with Gasteiger partial charge in [-0.25, -0.2) is 0 Å². The molecule has 4 aliphatic rings. The molecule has 4 fully saturated rings. The largest absolute Gasteiger partial charge is 0.373 e. The fourth-order valence-electron chi connectivity index (χ4n) is 4.12. The Balaban J connectivity index is 1.50. The molecule has 5 atom stereocenters. The third-order valence-corrected chi connectivity index (χ3v) is 5.97. The number of hydrogen-bond donors (Lipinski definition) is 0. The van der Waals surface area contributed by atoms with Gasteiger partial charge in [-0.15, -0.1) is 0 Å². The zero-order valence-corrected chi connectivity index (χ0v) is 15.0. The average molecular weight is 344 g/mol. The van der Waals surface area contributed by atoms with E-state index in [4.69, 9.17) is 18.9 Å². The molecule has 4 nitrogen and oxygen atoms in total. The van der Waals surface area contributed by atoms with Gasteiger partial charge < -0.3 is 18.9 Å². The summed E-state index contributed by atoms with van der Waals surface area (Å²) < 4.78 is 22.2. The monoisotopic (exact) mass is 344 g/mol. The molecular formula is C21H28O4. The Hall–Kier alpha value is -0.940. The van der Waals surface area contributed by atoms with Gasteiger partial charge >= 0.3 is 0 Å². The Kier molecular flexibility index (Phi) is 4.33. The molecule has 0 bridgehead atoms. The van der Waals surface area contributed by atoms with Crippen molar-refractivity contribution in [1.82, 2.24) is 0 Å². The summed E-state index contributed by atoms with van der Waals surface area (Å²) in [6, 6.07) is 4.76. The van der Waals surface area contributed by atoms with Crippen LogP contribution in [0.3, 0.4) is 0 Å². The second-order valence-electron chi connectivity index (χ2n) is 8.05. The first-order valence-electron chi connectivity index (χ1n) is 9.90. The Morgan fingerprint density at radius 2 is 1.36 bits per heavy atom. The molecule has 0 N–H and O–H groups in total. The van der Waals surface area contributed by atoms with Crippen LogP contribution in [0.25, 0.3) is 0 Å². The topological polar surface area (TPSA) is 50.1 Å². The molecule has 4 heteroatoms. The van der Waals surface area contributed by atoms with Crippen molar-refractivity contribution in [1.29, 1.82) is 0 Å². The molecular weight excluding hydrogens is 316 g/mol. The van der Waals surface area contributed by atoms with Gasteiger partial charge in [-0.3, -0.25) is 0 Å². The summed E-state index contributed by atoms with van der Waals surface area (Å²) in [5.41, 5.74) is 6.07. The second kappa shape index (κ2) is 6.66. The molecule has 0 saturated carbocycles. The predicted octanol–water partition coefficient (Wildman–Crippen LogP) is 2.79. The van der Waals surface area contributed by atoms with E-state index < -0.39 is 0 Å². The molecule has 0 radical (unpaired) electrons. The van der Waals surface area contributed by atoms with E-state index in [9.17, 15) is 0 Å². The van der Waals surface area contributed by atoms with Crippen LogP contribution >= 0.6 is 0 Å². The Morgan fingerprint density at radius 1 is 0.800 bits per heavy atom. The van der Waals surface area contributed by atoms with Crippen LogP contribution in [0.15, 0.2) is 12.1 Å². The lowest BCUT2D eigenvalue weighted by Crippen LogP contribution is -2.14. The standard InChI is InChI=1S/C21H28O4/c1-2-13(5-15-9-22-15)19-4-3-14(6-16-10-23-16)20(7-17-11-24-17)21(19)8-18-12-25-18/h3-4,13,15-18H,2,5-12H2,1H3. The highest BCUT2D eigenvalue weighted by Gasteiger charge is 2.34. The highest BCUT2D eigenvalue weighted by atomic mass is 16.6. The second-order valence-corrected chi connectivity index (χ2v) is 8.05. The van der Waals surface area contributed by atoms with Crippen molar-refractivity contribution in [2.75, 3.05) is 26.4 Å². The van der Waals surface area contributed by atoms with Gasteiger partial charge in [0.1, 0.15) is 0 Å². The molecule has 5 rings (SSSR count). The third kappa shape index (κ3) is 4.08. The van der Waals surface area contributed by atoms with Gasteiger partial charge in [-0.2, -0.15) is 0 Å². The summed E-state index contributed by atoms with van der Waals surface area (Å²) in [4.78, 5) is 0. The molecule has 4 aliphatic heterocycles. The van der Waals surface area contributed by atoms with E-state index >= 15 is 0 Å². The smallest absolute Gasteiger partial charge is 0.0850 e. The molecule has 4 saturated heterocycles. The Morgan fingerprint density at radius 3 is 1.92 bits per heavy atom. The summed E-state index contributed by atoms with van der Waals surface area (Å²) >= 11 is 0. The van der Waals surface area contributed by atoms with Crippen LogP contribution < -0.4 is 0 Å². The molecule has 5 unspecified atom stereocenters. The summed E-state index contributed by atoms with van der Waals surface area (Å²) in [7, 11) is 0. The van der Waals surface area contributed by atoms with Crippen LogP contribution in [0.2, 0.25) is 0 Å². The summed E-state index contributed by atoms with van der Waals surface area (Å²) in [5, 5.41) is 0. The molecule has 1 aromatic rings. The zero-order chi connectivity index (χ0) is 16.8. The zero-order valence-electron chi connectivity index (χ0n) is 15.0. The number of hydrogen-bond acceptors (Lipinski definition) is 4. The van der Waals surface area contributed by atoms with Crippen molar-refractivity contribution < 1.29 is 18.9 Å². The molecule has 4 heterocycles. The van der Waals surface area contributed by atoms with E-state index in [0.717, 1.165) is 52.1 Å². The first-order valence-corrected chi connectivity index (χ1v) is 9.90. The van der Waals surface area contributed by atoms with Gasteiger partial charge in [-0.1, -0.05) is 19.1 Å². The van der Waals surface area contributed by atoms with Gasteiger partial charge in [0.2, 0.25) is 0 Å². The highest BCUT2D eigenvalue weighted by molar-refractivity contribution is 5.45. The predicted molar refractivity (Wildman–Crippen MR) is 94.2 cm³/mol. The van der Waals surface area contributed by atoms with Crippen LogP contribution in [0.4, 0.5) is 0 Å². The number of benzene rings is 1. The molecule has 0 spiro atoms. The van der Waals surface area contributed by atoms with Crippen molar-refractivity contribution >= 4 is 0 Å². The lowest BCUT2D eigenvalue weighted by atomic mass is 9.81. The highest BCUT2D eigenvalue weighted by Crippen LogP contribution is 2.38. The molecule has 1 aromatic carbocycles. The van der Waals surface area contributed by atoms with E-state index in [1.807, 2.05) is 0 Å². The summed E-state index contributed by atoms with van der Waals surface area (Å²) in [5.74, 6) is 0.589. The average Bonchev–Trinajstić information content (AvgIpc) is 3.46. The van der Waals surface area contributed by atoms with Crippen molar-refractivity contribution in [3.63, 3.8) is 0 Å². The first kappa shape index (κ1) is 16.2. The van der Waals surface area contributed by atoms with Gasteiger partial charge in [-0.05, 0) is 41.0 Å². The van der Waals surface area contributed by atoms with Crippen LogP contribution in [0.1, 0.15) is 47.9 Å². The van der Waals surface area contributed by atoms with Crippen molar-refractivity contribution in [2.45, 2.75) is 69.4 Å². The number of rotatable bonds is 10. The van der Waals surface area contributed by atoms with Crippen LogP contribution in [-0.2, 0) is 38.2 Å². The van der Waals surface area contributed by atoms with E-state index in [-0.39, 0.29) is 0 Å². The van der Waals surface area contributed by atoms with Gasteiger partial charge in [0.25, 0.3) is 0 Å². The molecule has 0 aromatic heterocycles. The third-order valence-electron chi connectivity index (χ3n) is 5.97. The fraction of sp³-hybridized carbons (Fsp3) is 0.714. The minimum atomic E-state index is 0.416. The van der Waals surface area contributed by atoms with Crippen LogP contribution in [0.5, 0.6) is 0 Å². The maximum Gasteiger partial charge on any atom is 0.0850 e. The molecule has 0 amide bonds. The van der Waals surface area contributed by atoms with Crippen molar-refractivity contribution in [3.05, 3.63) is 34.4 Å². The quantitative estimate of drug-likeness (QED) is 0.613.